The smallest absolute Gasteiger partial charge is 0.219 e. The van der Waals surface area contributed by atoms with E-state index in [9.17, 15) is 4.79 Å². The molecule has 0 bridgehead atoms. The summed E-state index contributed by atoms with van der Waals surface area (Å²) in [6.07, 6.45) is 6.18. The first kappa shape index (κ1) is 14.8. The van der Waals surface area contributed by atoms with Crippen molar-refractivity contribution in [3.63, 3.8) is 0 Å². The van der Waals surface area contributed by atoms with Crippen LogP contribution in [0.3, 0.4) is 0 Å². The van der Waals surface area contributed by atoms with E-state index in [1.165, 1.54) is 5.69 Å². The molecule has 0 unspecified atom stereocenters. The molecule has 0 aromatic carbocycles. The monoisotopic (exact) mass is 276 g/mol. The Bertz CT molecular complexity index is 438. The van der Waals surface area contributed by atoms with Gasteiger partial charge < -0.3 is 16.0 Å². The fraction of sp³-hybridized carbons (Fsp3) is 0.600. The van der Waals surface area contributed by atoms with Crippen LogP contribution < -0.4 is 16.0 Å². The maximum absolute atomic E-state index is 11.1. The number of carbonyl (C=O) groups is 1. The third-order valence-corrected chi connectivity index (χ3v) is 3.73. The number of primary amides is 1. The average molecular weight is 276 g/mol. The molecule has 0 radical (unpaired) electrons. The lowest BCUT2D eigenvalue weighted by Gasteiger charge is -2.38. The van der Waals surface area contributed by atoms with Crippen LogP contribution in [0.4, 0.5) is 5.69 Å². The summed E-state index contributed by atoms with van der Waals surface area (Å²) in [5.74, 6) is -0.253. The Hall–Kier alpha value is -1.62. The minimum atomic E-state index is -0.253. The zero-order valence-electron chi connectivity index (χ0n) is 12.3. The molecular weight excluding hydrogens is 252 g/mol. The second-order valence-corrected chi connectivity index (χ2v) is 6.14. The molecule has 5 nitrogen and oxygen atoms in total. The van der Waals surface area contributed by atoms with Gasteiger partial charge in [-0.3, -0.25) is 9.78 Å². The molecule has 2 rings (SSSR count). The van der Waals surface area contributed by atoms with Gasteiger partial charge in [0.25, 0.3) is 0 Å². The summed E-state index contributed by atoms with van der Waals surface area (Å²) in [5.41, 5.74) is 6.29. The number of pyridine rings is 1. The number of nitrogens with zero attached hydrogens (tertiary/aromatic N) is 2. The maximum Gasteiger partial charge on any atom is 0.219 e. The van der Waals surface area contributed by atoms with Gasteiger partial charge in [-0.2, -0.15) is 0 Å². The molecule has 1 aliphatic heterocycles. The van der Waals surface area contributed by atoms with E-state index in [-0.39, 0.29) is 11.4 Å². The van der Waals surface area contributed by atoms with Crippen LogP contribution in [-0.2, 0) is 4.79 Å². The van der Waals surface area contributed by atoms with Gasteiger partial charge in [0.2, 0.25) is 5.91 Å². The number of aromatic nitrogens is 1. The van der Waals surface area contributed by atoms with E-state index >= 15 is 0 Å². The third-order valence-electron chi connectivity index (χ3n) is 3.73. The summed E-state index contributed by atoms with van der Waals surface area (Å²) in [6, 6.07) is 4.54. The summed E-state index contributed by atoms with van der Waals surface area (Å²) in [6.45, 7) is 6.11. The molecule has 5 heteroatoms. The van der Waals surface area contributed by atoms with Crippen molar-refractivity contribution in [2.75, 3.05) is 18.0 Å². The summed E-state index contributed by atoms with van der Waals surface area (Å²) in [7, 11) is 0. The quantitative estimate of drug-likeness (QED) is 0.850. The summed E-state index contributed by atoms with van der Waals surface area (Å²) < 4.78 is 0. The SMILES string of the molecule is CC(C)(CC(N)=O)NC1CCN(c2ccncc2)CC1. The average Bonchev–Trinajstić information content (AvgIpc) is 2.38. The zero-order chi connectivity index (χ0) is 14.6. The van der Waals surface area contributed by atoms with Crippen LogP contribution in [0, 0.1) is 0 Å². The Morgan fingerprint density at radius 2 is 2.00 bits per heavy atom. The second kappa shape index (κ2) is 6.22. The molecule has 1 aromatic rings. The molecule has 1 aromatic heterocycles. The van der Waals surface area contributed by atoms with Crippen molar-refractivity contribution in [2.24, 2.45) is 5.73 Å². The Kier molecular flexibility index (Phi) is 4.60. The van der Waals surface area contributed by atoms with Crippen molar-refractivity contribution >= 4 is 11.6 Å². The minimum Gasteiger partial charge on any atom is -0.371 e. The maximum atomic E-state index is 11.1. The van der Waals surface area contributed by atoms with Gasteiger partial charge in [0, 0.05) is 49.2 Å². The molecule has 1 fully saturated rings. The summed E-state index contributed by atoms with van der Waals surface area (Å²) >= 11 is 0. The van der Waals surface area contributed by atoms with E-state index in [1.807, 2.05) is 38.4 Å². The van der Waals surface area contributed by atoms with Gasteiger partial charge in [-0.05, 0) is 38.8 Å². The number of carbonyl (C=O) groups excluding carboxylic acids is 1. The van der Waals surface area contributed by atoms with Crippen LogP contribution in [0.2, 0.25) is 0 Å². The first-order valence-electron chi connectivity index (χ1n) is 7.17. The van der Waals surface area contributed by atoms with Crippen molar-refractivity contribution in [2.45, 2.75) is 44.7 Å². The lowest BCUT2D eigenvalue weighted by atomic mass is 9.95. The van der Waals surface area contributed by atoms with Crippen molar-refractivity contribution in [3.05, 3.63) is 24.5 Å². The number of nitrogens with one attached hydrogen (secondary N) is 1. The number of hydrogen-bond acceptors (Lipinski definition) is 4. The van der Waals surface area contributed by atoms with E-state index in [0.29, 0.717) is 12.5 Å². The molecule has 110 valence electrons. The fourth-order valence-electron chi connectivity index (χ4n) is 2.88. The van der Waals surface area contributed by atoms with Crippen LogP contribution in [0.25, 0.3) is 0 Å². The molecule has 0 spiro atoms. The van der Waals surface area contributed by atoms with E-state index < -0.39 is 0 Å². The topological polar surface area (TPSA) is 71.2 Å². The predicted molar refractivity (Wildman–Crippen MR) is 80.5 cm³/mol. The highest BCUT2D eigenvalue weighted by molar-refractivity contribution is 5.75. The van der Waals surface area contributed by atoms with Crippen molar-refractivity contribution < 1.29 is 4.79 Å². The second-order valence-electron chi connectivity index (χ2n) is 6.14. The molecule has 0 saturated carbocycles. The summed E-state index contributed by atoms with van der Waals surface area (Å²) in [5, 5.41) is 3.56. The Labute approximate surface area is 120 Å². The number of piperidine rings is 1. The van der Waals surface area contributed by atoms with Crippen LogP contribution in [0.5, 0.6) is 0 Å². The van der Waals surface area contributed by atoms with Crippen LogP contribution in [0.15, 0.2) is 24.5 Å². The van der Waals surface area contributed by atoms with E-state index in [0.717, 1.165) is 25.9 Å². The van der Waals surface area contributed by atoms with Gasteiger partial charge in [-0.1, -0.05) is 0 Å². The molecular formula is C15H24N4O. The van der Waals surface area contributed by atoms with Gasteiger partial charge in [-0.15, -0.1) is 0 Å². The Morgan fingerprint density at radius 3 is 2.55 bits per heavy atom. The van der Waals surface area contributed by atoms with Gasteiger partial charge >= 0.3 is 0 Å². The highest BCUT2D eigenvalue weighted by Gasteiger charge is 2.27. The van der Waals surface area contributed by atoms with E-state index in [1.54, 1.807) is 0 Å². The fourth-order valence-corrected chi connectivity index (χ4v) is 2.88. The van der Waals surface area contributed by atoms with E-state index in [4.69, 9.17) is 5.73 Å². The van der Waals surface area contributed by atoms with Crippen LogP contribution in [0.1, 0.15) is 33.1 Å². The normalized spacial score (nSPS) is 17.2. The lowest BCUT2D eigenvalue weighted by molar-refractivity contribution is -0.119. The molecule has 0 atom stereocenters. The minimum absolute atomic E-state index is 0.227. The van der Waals surface area contributed by atoms with E-state index in [2.05, 4.69) is 15.2 Å². The van der Waals surface area contributed by atoms with Crippen molar-refractivity contribution in [1.29, 1.82) is 0 Å². The largest absolute Gasteiger partial charge is 0.371 e. The summed E-state index contributed by atoms with van der Waals surface area (Å²) in [4.78, 5) is 17.5. The molecule has 1 amide bonds. The molecule has 20 heavy (non-hydrogen) atoms. The zero-order valence-corrected chi connectivity index (χ0v) is 12.3. The first-order valence-corrected chi connectivity index (χ1v) is 7.17. The number of nitrogens with two attached hydrogens (primary N) is 1. The van der Waals surface area contributed by atoms with Gasteiger partial charge in [-0.25, -0.2) is 0 Å². The van der Waals surface area contributed by atoms with Crippen molar-refractivity contribution in [1.82, 2.24) is 10.3 Å². The highest BCUT2D eigenvalue weighted by atomic mass is 16.1. The van der Waals surface area contributed by atoms with Crippen LogP contribution in [-0.4, -0.2) is 35.6 Å². The number of rotatable bonds is 5. The molecule has 1 saturated heterocycles. The first-order chi connectivity index (χ1) is 9.46. The van der Waals surface area contributed by atoms with Gasteiger partial charge in [0.05, 0.1) is 0 Å². The molecule has 2 heterocycles. The standard InChI is InChI=1S/C15H24N4O/c1-15(2,11-14(16)20)18-12-5-9-19(10-6-12)13-3-7-17-8-4-13/h3-4,7-8,12,18H,5-6,9-11H2,1-2H3,(H2,16,20). The highest BCUT2D eigenvalue weighted by Crippen LogP contribution is 2.21. The predicted octanol–water partition coefficient (Wildman–Crippen LogP) is 1.29. The number of hydrogen-bond donors (Lipinski definition) is 2. The Balaban J connectivity index is 1.84. The number of anilines is 1. The molecule has 3 N–H and O–H groups in total. The number of amides is 1. The van der Waals surface area contributed by atoms with Crippen molar-refractivity contribution in [3.8, 4) is 0 Å². The lowest BCUT2D eigenvalue weighted by Crippen LogP contribution is -2.52. The van der Waals surface area contributed by atoms with Gasteiger partial charge in [0.1, 0.15) is 0 Å². The molecule has 1 aliphatic rings. The van der Waals surface area contributed by atoms with Gasteiger partial charge in [0.15, 0.2) is 0 Å². The van der Waals surface area contributed by atoms with Crippen LogP contribution >= 0.6 is 0 Å². The molecule has 0 aliphatic carbocycles. The Morgan fingerprint density at radius 1 is 1.40 bits per heavy atom. The third kappa shape index (κ3) is 4.20.